The highest BCUT2D eigenvalue weighted by molar-refractivity contribution is 7.85. The molecule has 1 N–H and O–H groups in total. The van der Waals surface area contributed by atoms with E-state index in [-0.39, 0.29) is 0 Å². The van der Waals surface area contributed by atoms with Gasteiger partial charge in [-0.2, -0.15) is 0 Å². The van der Waals surface area contributed by atoms with Crippen LogP contribution in [0.15, 0.2) is 0 Å². The van der Waals surface area contributed by atoms with Crippen molar-refractivity contribution >= 4 is 10.8 Å². The first-order chi connectivity index (χ1) is 9.40. The molecule has 0 heterocycles. The summed E-state index contributed by atoms with van der Waals surface area (Å²) in [4.78, 5) is 0. The van der Waals surface area contributed by atoms with Gasteiger partial charge in [0.25, 0.3) is 0 Å². The molecule has 0 radical (unpaired) electrons. The van der Waals surface area contributed by atoms with Crippen LogP contribution in [0.5, 0.6) is 0 Å². The van der Waals surface area contributed by atoms with Crippen LogP contribution in [-0.2, 0) is 15.5 Å². The predicted molar refractivity (Wildman–Crippen MR) is 87.6 cm³/mol. The topological polar surface area (TPSA) is 38.3 Å². The molecule has 1 saturated carbocycles. The van der Waals surface area contributed by atoms with E-state index in [1.165, 1.54) is 6.42 Å². The van der Waals surface area contributed by atoms with Gasteiger partial charge in [0.1, 0.15) is 0 Å². The van der Waals surface area contributed by atoms with E-state index in [9.17, 15) is 4.21 Å². The molecule has 4 atom stereocenters. The molecule has 4 unspecified atom stereocenters. The predicted octanol–water partition coefficient (Wildman–Crippen LogP) is 2.96. The summed E-state index contributed by atoms with van der Waals surface area (Å²) in [6, 6.07) is 0.432. The van der Waals surface area contributed by atoms with Crippen LogP contribution in [0.2, 0.25) is 0 Å². The number of methoxy groups -OCH3 is 1. The highest BCUT2D eigenvalue weighted by Crippen LogP contribution is 2.39. The van der Waals surface area contributed by atoms with Gasteiger partial charge in [-0.05, 0) is 43.6 Å². The molecule has 1 fully saturated rings. The fourth-order valence-corrected chi connectivity index (χ4v) is 4.95. The molecule has 0 aromatic carbocycles. The third-order valence-electron chi connectivity index (χ3n) is 4.51. The van der Waals surface area contributed by atoms with Gasteiger partial charge in [0.2, 0.25) is 0 Å². The molecule has 0 bridgehead atoms. The molecule has 0 spiro atoms. The van der Waals surface area contributed by atoms with E-state index < -0.39 is 10.8 Å². The first-order valence-electron chi connectivity index (χ1n) is 7.99. The zero-order valence-corrected chi connectivity index (χ0v) is 14.7. The monoisotopic (exact) mass is 303 g/mol. The Labute approximate surface area is 127 Å². The molecule has 3 nitrogen and oxygen atoms in total. The van der Waals surface area contributed by atoms with Gasteiger partial charge in [0.05, 0.1) is 5.25 Å². The Morgan fingerprint density at radius 3 is 2.55 bits per heavy atom. The molecule has 20 heavy (non-hydrogen) atoms. The standard InChI is InChI=1S/C16H33NO2S/c1-6-17-14-9-8-13(16(2,3)4)12-15(14)20(18)11-7-10-19-5/h13-15,17H,6-12H2,1-5H3. The van der Waals surface area contributed by atoms with E-state index in [2.05, 4.69) is 33.0 Å². The Morgan fingerprint density at radius 1 is 1.30 bits per heavy atom. The lowest BCUT2D eigenvalue weighted by molar-refractivity contribution is 0.164. The number of nitrogens with one attached hydrogen (secondary N) is 1. The molecule has 0 amide bonds. The van der Waals surface area contributed by atoms with E-state index in [1.54, 1.807) is 7.11 Å². The van der Waals surface area contributed by atoms with Gasteiger partial charge in [-0.1, -0.05) is 27.7 Å². The van der Waals surface area contributed by atoms with E-state index in [0.717, 1.165) is 31.6 Å². The van der Waals surface area contributed by atoms with Crippen molar-refractivity contribution in [3.63, 3.8) is 0 Å². The maximum absolute atomic E-state index is 12.6. The van der Waals surface area contributed by atoms with E-state index in [1.807, 2.05) is 0 Å². The molecule has 0 saturated heterocycles. The van der Waals surface area contributed by atoms with E-state index in [0.29, 0.717) is 29.2 Å². The van der Waals surface area contributed by atoms with Crippen LogP contribution in [-0.4, -0.2) is 41.5 Å². The minimum atomic E-state index is -0.738. The van der Waals surface area contributed by atoms with Gasteiger partial charge in [0.15, 0.2) is 0 Å². The zero-order chi connectivity index (χ0) is 15.2. The summed E-state index contributed by atoms with van der Waals surface area (Å²) < 4.78 is 17.7. The van der Waals surface area contributed by atoms with Gasteiger partial charge < -0.3 is 10.1 Å². The summed E-state index contributed by atoms with van der Waals surface area (Å²) in [6.07, 6.45) is 4.42. The average Bonchev–Trinajstić information content (AvgIpc) is 2.38. The van der Waals surface area contributed by atoms with Crippen molar-refractivity contribution in [2.45, 2.75) is 64.7 Å². The van der Waals surface area contributed by atoms with Crippen molar-refractivity contribution < 1.29 is 8.95 Å². The molecule has 0 aliphatic heterocycles. The van der Waals surface area contributed by atoms with Crippen molar-refractivity contribution in [2.24, 2.45) is 11.3 Å². The van der Waals surface area contributed by atoms with Gasteiger partial charge in [0, 0.05) is 36.3 Å². The van der Waals surface area contributed by atoms with Crippen molar-refractivity contribution in [3.8, 4) is 0 Å². The fraction of sp³-hybridized carbons (Fsp3) is 1.00. The average molecular weight is 304 g/mol. The van der Waals surface area contributed by atoms with Crippen LogP contribution in [0, 0.1) is 11.3 Å². The number of hydrogen-bond acceptors (Lipinski definition) is 3. The smallest absolute Gasteiger partial charge is 0.0504 e. The van der Waals surface area contributed by atoms with Crippen LogP contribution in [0.3, 0.4) is 0 Å². The first kappa shape index (κ1) is 18.1. The Morgan fingerprint density at radius 2 is 2.00 bits per heavy atom. The summed E-state index contributed by atoms with van der Waals surface area (Å²) in [5, 5.41) is 3.86. The molecular formula is C16H33NO2S. The SMILES string of the molecule is CCNC1CCC(C(C)(C)C)CC1S(=O)CCCOC. The second-order valence-corrected chi connectivity index (χ2v) is 8.79. The molecule has 0 aromatic heterocycles. The van der Waals surface area contributed by atoms with Crippen molar-refractivity contribution in [2.75, 3.05) is 26.0 Å². The number of ether oxygens (including phenoxy) is 1. The zero-order valence-electron chi connectivity index (χ0n) is 13.9. The molecule has 120 valence electrons. The molecule has 1 aliphatic rings. The van der Waals surface area contributed by atoms with Crippen LogP contribution >= 0.6 is 0 Å². The summed E-state index contributed by atoms with van der Waals surface area (Å²) in [7, 11) is 0.971. The number of hydrogen-bond donors (Lipinski definition) is 1. The largest absolute Gasteiger partial charge is 0.385 e. The highest BCUT2D eigenvalue weighted by atomic mass is 32.2. The normalized spacial score (nSPS) is 29.4. The summed E-state index contributed by atoms with van der Waals surface area (Å²) in [6.45, 7) is 10.8. The van der Waals surface area contributed by atoms with Crippen LogP contribution in [0.1, 0.15) is 53.4 Å². The lowest BCUT2D eigenvalue weighted by atomic mass is 9.71. The van der Waals surface area contributed by atoms with Crippen molar-refractivity contribution in [1.82, 2.24) is 5.32 Å². The van der Waals surface area contributed by atoms with E-state index in [4.69, 9.17) is 4.74 Å². The van der Waals surface area contributed by atoms with Gasteiger partial charge >= 0.3 is 0 Å². The van der Waals surface area contributed by atoms with E-state index >= 15 is 0 Å². The summed E-state index contributed by atoms with van der Waals surface area (Å²) >= 11 is 0. The fourth-order valence-electron chi connectivity index (χ4n) is 3.20. The van der Waals surface area contributed by atoms with Crippen LogP contribution in [0.25, 0.3) is 0 Å². The molecule has 0 aromatic rings. The number of rotatable bonds is 7. The lowest BCUT2D eigenvalue weighted by Crippen LogP contribution is -2.48. The minimum absolute atomic E-state index is 0.310. The summed E-state index contributed by atoms with van der Waals surface area (Å²) in [5.41, 5.74) is 0.326. The quantitative estimate of drug-likeness (QED) is 0.735. The molecular weight excluding hydrogens is 270 g/mol. The summed E-state index contributed by atoms with van der Waals surface area (Å²) in [5.74, 6) is 1.46. The van der Waals surface area contributed by atoms with Gasteiger partial charge in [-0.25, -0.2) is 0 Å². The van der Waals surface area contributed by atoms with Gasteiger partial charge in [-0.3, -0.25) is 4.21 Å². The minimum Gasteiger partial charge on any atom is -0.385 e. The van der Waals surface area contributed by atoms with Crippen molar-refractivity contribution in [1.29, 1.82) is 0 Å². The third kappa shape index (κ3) is 5.45. The third-order valence-corrected chi connectivity index (χ3v) is 6.40. The maximum atomic E-state index is 12.6. The molecule has 4 heteroatoms. The second-order valence-electron chi connectivity index (χ2n) is 7.01. The Kier molecular flexibility index (Phi) is 7.70. The highest BCUT2D eigenvalue weighted by Gasteiger charge is 2.38. The maximum Gasteiger partial charge on any atom is 0.0504 e. The Hall–Kier alpha value is 0.0700. The van der Waals surface area contributed by atoms with Crippen molar-refractivity contribution in [3.05, 3.63) is 0 Å². The Bertz CT molecular complexity index is 301. The lowest BCUT2D eigenvalue weighted by Gasteiger charge is -2.41. The molecule has 1 rings (SSSR count). The first-order valence-corrected chi connectivity index (χ1v) is 9.37. The van der Waals surface area contributed by atoms with Gasteiger partial charge in [-0.15, -0.1) is 0 Å². The Balaban J connectivity index is 2.65. The molecule has 1 aliphatic carbocycles. The second kappa shape index (κ2) is 8.50. The van der Waals surface area contributed by atoms with Crippen LogP contribution in [0.4, 0.5) is 0 Å². The van der Waals surface area contributed by atoms with Crippen LogP contribution < -0.4 is 5.32 Å².